The second kappa shape index (κ2) is 7.43. The van der Waals surface area contributed by atoms with Gasteiger partial charge in [0.15, 0.2) is 0 Å². The highest BCUT2D eigenvalue weighted by Crippen LogP contribution is 2.53. The van der Waals surface area contributed by atoms with Crippen molar-refractivity contribution in [1.29, 1.82) is 0 Å². The summed E-state index contributed by atoms with van der Waals surface area (Å²) in [5.41, 5.74) is 8.43. The summed E-state index contributed by atoms with van der Waals surface area (Å²) in [4.78, 5) is 9.09. The van der Waals surface area contributed by atoms with E-state index in [4.69, 9.17) is 36.5 Å². The van der Waals surface area contributed by atoms with Gasteiger partial charge in [0.25, 0.3) is 6.02 Å². The maximum Gasteiger partial charge on any atom is 0.283 e. The molecule has 7 heteroatoms. The first-order chi connectivity index (χ1) is 14.4. The smallest absolute Gasteiger partial charge is 0.283 e. The maximum absolute atomic E-state index is 6.46. The van der Waals surface area contributed by atoms with Gasteiger partial charge in [0.2, 0.25) is 0 Å². The summed E-state index contributed by atoms with van der Waals surface area (Å²) >= 11 is 6.17. The molecule has 1 fully saturated rings. The molecule has 0 saturated heterocycles. The zero-order valence-electron chi connectivity index (χ0n) is 17.2. The average molecular weight is 428 g/mol. The normalized spacial score (nSPS) is 29.7. The number of ether oxygens (including phenoxy) is 3. The quantitative estimate of drug-likeness (QED) is 0.790. The van der Waals surface area contributed by atoms with Crippen LogP contribution in [0.3, 0.4) is 0 Å². The van der Waals surface area contributed by atoms with E-state index in [9.17, 15) is 0 Å². The topological polar surface area (TPSA) is 79.0 Å². The van der Waals surface area contributed by atoms with E-state index < -0.39 is 5.54 Å². The lowest BCUT2D eigenvalue weighted by Gasteiger charge is -2.48. The van der Waals surface area contributed by atoms with E-state index in [1.165, 1.54) is 0 Å². The number of hydrogen-bond donors (Lipinski definition) is 1. The van der Waals surface area contributed by atoms with E-state index in [0.29, 0.717) is 11.6 Å². The van der Waals surface area contributed by atoms with Gasteiger partial charge >= 0.3 is 0 Å². The number of aromatic nitrogens is 1. The number of benzene rings is 1. The minimum Gasteiger partial charge on any atom is -0.490 e. The molecule has 4 atom stereocenters. The highest BCUT2D eigenvalue weighted by Gasteiger charge is 2.55. The van der Waals surface area contributed by atoms with Crippen LogP contribution in [-0.4, -0.2) is 35.9 Å². The predicted octanol–water partition coefficient (Wildman–Crippen LogP) is 4.30. The fourth-order valence-electron chi connectivity index (χ4n) is 5.11. The first-order valence-electron chi connectivity index (χ1n) is 10.5. The van der Waals surface area contributed by atoms with Crippen molar-refractivity contribution in [2.75, 3.05) is 6.61 Å². The molecule has 1 saturated carbocycles. The third-order valence-electron chi connectivity index (χ3n) is 6.33. The third-order valence-corrected chi connectivity index (χ3v) is 6.54. The number of amidine groups is 1. The molecule has 2 aromatic rings. The van der Waals surface area contributed by atoms with E-state index in [1.807, 2.05) is 24.4 Å². The van der Waals surface area contributed by atoms with Gasteiger partial charge in [-0.1, -0.05) is 17.7 Å². The number of halogens is 1. The summed E-state index contributed by atoms with van der Waals surface area (Å²) in [6, 6.07) is 8.33. The van der Waals surface area contributed by atoms with Crippen LogP contribution in [0.5, 0.6) is 5.75 Å². The fraction of sp³-hybridized carbons (Fsp3) is 0.478. The van der Waals surface area contributed by atoms with Crippen LogP contribution in [0.25, 0.3) is 11.1 Å². The molecule has 1 aliphatic carbocycles. The second-order valence-corrected chi connectivity index (χ2v) is 9.08. The lowest BCUT2D eigenvalue weighted by Crippen LogP contribution is -2.52. The van der Waals surface area contributed by atoms with Crippen LogP contribution in [0.1, 0.15) is 38.7 Å². The number of nitrogens with zero attached hydrogens (tertiary/aromatic N) is 2. The van der Waals surface area contributed by atoms with E-state index in [1.54, 1.807) is 6.20 Å². The van der Waals surface area contributed by atoms with Crippen LogP contribution in [0.15, 0.2) is 41.7 Å². The summed E-state index contributed by atoms with van der Waals surface area (Å²) in [5, 5.41) is 0.601. The SMILES string of the molecule is CC(C)O[C@@H]1CC[C@@H]2Oc3ccc(-c4cncc(Cl)c4)cc3[C@]3(COC(N)=N3)[C@H]2C1. The molecule has 1 spiro atoms. The largest absolute Gasteiger partial charge is 0.490 e. The minimum absolute atomic E-state index is 0.0708. The Balaban J connectivity index is 1.59. The Hall–Kier alpha value is -2.31. The molecule has 30 heavy (non-hydrogen) atoms. The van der Waals surface area contributed by atoms with Crippen molar-refractivity contribution >= 4 is 17.6 Å². The molecule has 5 rings (SSSR count). The van der Waals surface area contributed by atoms with Crippen molar-refractivity contribution in [3.63, 3.8) is 0 Å². The van der Waals surface area contributed by atoms with Crippen molar-refractivity contribution in [2.45, 2.75) is 57.0 Å². The van der Waals surface area contributed by atoms with Gasteiger partial charge in [-0.25, -0.2) is 4.99 Å². The molecular weight excluding hydrogens is 402 g/mol. The van der Waals surface area contributed by atoms with E-state index in [0.717, 1.165) is 41.7 Å². The van der Waals surface area contributed by atoms with Gasteiger partial charge in [-0.2, -0.15) is 0 Å². The lowest BCUT2D eigenvalue weighted by molar-refractivity contribution is -0.0791. The van der Waals surface area contributed by atoms with Crippen LogP contribution in [0.2, 0.25) is 5.02 Å². The van der Waals surface area contributed by atoms with Crippen LogP contribution in [0, 0.1) is 5.92 Å². The predicted molar refractivity (Wildman–Crippen MR) is 116 cm³/mol. The first kappa shape index (κ1) is 19.6. The van der Waals surface area contributed by atoms with Crippen molar-refractivity contribution in [3.8, 4) is 16.9 Å². The number of pyridine rings is 1. The van der Waals surface area contributed by atoms with Crippen LogP contribution >= 0.6 is 11.6 Å². The van der Waals surface area contributed by atoms with Crippen molar-refractivity contribution in [3.05, 3.63) is 47.2 Å². The number of aliphatic imine (C=N–C) groups is 1. The molecule has 0 bridgehead atoms. The van der Waals surface area contributed by atoms with Gasteiger partial charge in [-0.05, 0) is 56.9 Å². The summed E-state index contributed by atoms with van der Waals surface area (Å²) in [7, 11) is 0. The van der Waals surface area contributed by atoms with Gasteiger partial charge in [-0.15, -0.1) is 0 Å². The molecule has 1 aromatic heterocycles. The summed E-state index contributed by atoms with van der Waals surface area (Å²) < 4.78 is 18.4. The van der Waals surface area contributed by atoms with Crippen LogP contribution in [-0.2, 0) is 15.0 Å². The molecule has 0 amide bonds. The Labute approximate surface area is 181 Å². The first-order valence-corrected chi connectivity index (χ1v) is 10.9. The van der Waals surface area contributed by atoms with Gasteiger partial charge in [0.1, 0.15) is 24.0 Å². The van der Waals surface area contributed by atoms with E-state index in [2.05, 4.69) is 24.9 Å². The molecule has 1 aromatic carbocycles. The molecule has 3 aliphatic rings. The molecule has 0 radical (unpaired) electrons. The van der Waals surface area contributed by atoms with Gasteiger partial charge in [-0.3, -0.25) is 4.98 Å². The highest BCUT2D eigenvalue weighted by molar-refractivity contribution is 6.30. The monoisotopic (exact) mass is 427 g/mol. The van der Waals surface area contributed by atoms with E-state index in [-0.39, 0.29) is 30.3 Å². The summed E-state index contributed by atoms with van der Waals surface area (Å²) in [6.07, 6.45) is 6.66. The van der Waals surface area contributed by atoms with Crippen LogP contribution < -0.4 is 10.5 Å². The molecular formula is C23H26ClN3O3. The Morgan fingerprint density at radius 2 is 2.07 bits per heavy atom. The number of rotatable bonds is 3. The number of fused-ring (bicyclic) bond motifs is 4. The summed E-state index contributed by atoms with van der Waals surface area (Å²) in [6.45, 7) is 4.57. The van der Waals surface area contributed by atoms with Gasteiger partial charge < -0.3 is 19.9 Å². The number of hydrogen-bond acceptors (Lipinski definition) is 6. The standard InChI is InChI=1S/C23H26ClN3O3/c1-13(2)29-17-4-6-21-19(9-17)23(12-28-22(25)27-23)18-8-14(3-5-20(18)30-21)15-7-16(24)11-26-10-15/h3,5,7-8,10-11,13,17,19,21H,4,6,9,12H2,1-2H3,(H2,25,27)/t17-,19+,21+,23-/m1/s1. The van der Waals surface area contributed by atoms with Crippen molar-refractivity contribution in [1.82, 2.24) is 4.98 Å². The molecule has 2 aliphatic heterocycles. The number of nitrogens with two attached hydrogens (primary N) is 1. The van der Waals surface area contributed by atoms with Gasteiger partial charge in [0, 0.05) is 29.4 Å². The zero-order valence-corrected chi connectivity index (χ0v) is 17.9. The Bertz CT molecular complexity index is 995. The molecule has 3 heterocycles. The molecule has 2 N–H and O–H groups in total. The zero-order chi connectivity index (χ0) is 20.9. The second-order valence-electron chi connectivity index (χ2n) is 8.65. The van der Waals surface area contributed by atoms with Crippen molar-refractivity contribution < 1.29 is 14.2 Å². The Kier molecular flexibility index (Phi) is 4.86. The molecule has 158 valence electrons. The fourth-order valence-corrected chi connectivity index (χ4v) is 5.29. The maximum atomic E-state index is 6.46. The summed E-state index contributed by atoms with van der Waals surface area (Å²) in [5.74, 6) is 0.983. The average Bonchev–Trinajstić information content (AvgIpc) is 3.10. The Morgan fingerprint density at radius 3 is 2.80 bits per heavy atom. The van der Waals surface area contributed by atoms with E-state index >= 15 is 0 Å². The van der Waals surface area contributed by atoms with Crippen molar-refractivity contribution in [2.24, 2.45) is 16.6 Å². The molecule has 6 nitrogen and oxygen atoms in total. The third kappa shape index (κ3) is 3.32. The minimum atomic E-state index is -0.566. The van der Waals surface area contributed by atoms with Gasteiger partial charge in [0.05, 0.1) is 17.2 Å². The van der Waals surface area contributed by atoms with Crippen LogP contribution in [0.4, 0.5) is 0 Å². The molecule has 0 unspecified atom stereocenters. The lowest BCUT2D eigenvalue weighted by atomic mass is 9.67. The highest BCUT2D eigenvalue weighted by atomic mass is 35.5. The Morgan fingerprint density at radius 1 is 1.20 bits per heavy atom.